The first-order valence-electron chi connectivity index (χ1n) is 14.0. The van der Waals surface area contributed by atoms with E-state index in [2.05, 4.69) is 11.4 Å². The zero-order valence-electron chi connectivity index (χ0n) is 22.4. The third-order valence-electron chi connectivity index (χ3n) is 9.65. The third kappa shape index (κ3) is 5.16. The van der Waals surface area contributed by atoms with E-state index < -0.39 is 40.3 Å². The lowest BCUT2D eigenvalue weighted by Gasteiger charge is -2.63. The van der Waals surface area contributed by atoms with Gasteiger partial charge in [-0.05, 0) is 81.3 Å². The van der Waals surface area contributed by atoms with Gasteiger partial charge >= 0.3 is 12.2 Å². The van der Waals surface area contributed by atoms with Gasteiger partial charge < -0.3 is 29.5 Å². The second-order valence-electron chi connectivity index (χ2n) is 12.4. The Morgan fingerprint density at radius 3 is 2.46 bits per heavy atom. The van der Waals surface area contributed by atoms with Crippen LogP contribution in [0.15, 0.2) is 24.3 Å². The van der Waals surface area contributed by atoms with Crippen molar-refractivity contribution in [3.63, 3.8) is 0 Å². The van der Waals surface area contributed by atoms with Gasteiger partial charge in [-0.3, -0.25) is 14.9 Å². The molecule has 6 aliphatic rings. The summed E-state index contributed by atoms with van der Waals surface area (Å²) in [6, 6.07) is 5.84. The number of hydrogen-bond donors (Lipinski definition) is 2. The summed E-state index contributed by atoms with van der Waals surface area (Å²) in [5.74, 6) is 0.717. The van der Waals surface area contributed by atoms with E-state index in [9.17, 15) is 34.9 Å². The van der Waals surface area contributed by atoms with E-state index in [0.29, 0.717) is 18.8 Å². The molecule has 2 N–H and O–H groups in total. The summed E-state index contributed by atoms with van der Waals surface area (Å²) in [6.07, 6.45) is 3.84. The van der Waals surface area contributed by atoms with E-state index in [1.54, 1.807) is 4.90 Å². The highest BCUT2D eigenvalue weighted by Gasteiger charge is 2.64. The average molecular weight is 569 g/mol. The topological polar surface area (TPSA) is 181 Å². The summed E-state index contributed by atoms with van der Waals surface area (Å²) in [6.45, 7) is 0.0224. The van der Waals surface area contributed by atoms with E-state index in [4.69, 9.17) is 14.2 Å². The van der Waals surface area contributed by atoms with Gasteiger partial charge in [-0.1, -0.05) is 0 Å². The minimum Gasteiger partial charge on any atom is -0.465 e. The molecule has 5 aliphatic carbocycles. The highest BCUT2D eigenvalue weighted by atomic mass is 16.7. The number of fused-ring (bicyclic) bond motifs is 1. The summed E-state index contributed by atoms with van der Waals surface area (Å²) < 4.78 is 16.6. The molecule has 1 aliphatic heterocycles. The van der Waals surface area contributed by atoms with E-state index in [-0.39, 0.29) is 48.4 Å². The molecule has 1 saturated heterocycles. The van der Waals surface area contributed by atoms with Crippen molar-refractivity contribution < 1.29 is 38.6 Å². The number of piperidine rings is 1. The van der Waals surface area contributed by atoms with Gasteiger partial charge in [0.1, 0.15) is 24.4 Å². The minimum absolute atomic E-state index is 0.0206. The Morgan fingerprint density at radius 1 is 1.12 bits per heavy atom. The van der Waals surface area contributed by atoms with Gasteiger partial charge in [-0.25, -0.2) is 9.59 Å². The summed E-state index contributed by atoms with van der Waals surface area (Å²) >= 11 is 0. The number of hydrogen-bond acceptors (Lipinski definition) is 9. The molecule has 41 heavy (non-hydrogen) atoms. The van der Waals surface area contributed by atoms with Crippen molar-refractivity contribution in [3.8, 4) is 11.8 Å². The number of likely N-dealkylation sites (tertiary alicyclic amines) is 1. The van der Waals surface area contributed by atoms with Crippen molar-refractivity contribution in [2.75, 3.05) is 13.2 Å². The molecule has 2 amide bonds. The molecule has 0 aromatic heterocycles. The fourth-order valence-corrected chi connectivity index (χ4v) is 8.54. The van der Waals surface area contributed by atoms with Gasteiger partial charge in [-0.2, -0.15) is 5.26 Å². The van der Waals surface area contributed by atoms with E-state index in [1.807, 2.05) is 0 Å². The number of nitriles is 1. The first kappa shape index (κ1) is 27.3. The van der Waals surface area contributed by atoms with Crippen molar-refractivity contribution in [3.05, 3.63) is 34.4 Å². The van der Waals surface area contributed by atoms with Crippen LogP contribution in [-0.4, -0.2) is 70.0 Å². The fraction of sp³-hybridized carbons (Fsp3) is 0.643. The number of carbonyl (C=O) groups excluding carboxylic acids is 2. The first-order valence-corrected chi connectivity index (χ1v) is 14.0. The number of carboxylic acid groups (broad SMARTS) is 1. The van der Waals surface area contributed by atoms with Crippen LogP contribution in [0.5, 0.6) is 5.75 Å². The number of rotatable bonds is 9. The maximum Gasteiger partial charge on any atom is 0.513 e. The fourth-order valence-electron chi connectivity index (χ4n) is 8.54. The second kappa shape index (κ2) is 10.2. The van der Waals surface area contributed by atoms with Gasteiger partial charge in [-0.15, -0.1) is 0 Å². The number of nitro groups is 1. The molecule has 0 spiro atoms. The maximum atomic E-state index is 13.9. The molecular formula is C28H32N4O9. The molecule has 1 aromatic carbocycles. The smallest absolute Gasteiger partial charge is 0.465 e. The zero-order chi connectivity index (χ0) is 28.9. The van der Waals surface area contributed by atoms with Crippen LogP contribution >= 0.6 is 0 Å². The third-order valence-corrected chi connectivity index (χ3v) is 9.65. The van der Waals surface area contributed by atoms with Crippen molar-refractivity contribution >= 4 is 23.8 Å². The van der Waals surface area contributed by atoms with E-state index in [1.165, 1.54) is 24.3 Å². The van der Waals surface area contributed by atoms with Crippen LogP contribution in [0.4, 0.5) is 15.3 Å². The second-order valence-corrected chi connectivity index (χ2v) is 12.4. The lowest BCUT2D eigenvalue weighted by atomic mass is 9.46. The molecule has 1 aromatic rings. The number of nitro benzene ring substituents is 1. The summed E-state index contributed by atoms with van der Waals surface area (Å²) in [7, 11) is 0. The summed E-state index contributed by atoms with van der Waals surface area (Å²) in [5.41, 5.74) is -1.30. The Bertz CT molecular complexity index is 1280. The largest absolute Gasteiger partial charge is 0.513 e. The number of nitrogens with one attached hydrogen (secondary N) is 1. The van der Waals surface area contributed by atoms with Crippen molar-refractivity contribution in [2.24, 2.45) is 23.2 Å². The number of benzene rings is 1. The summed E-state index contributed by atoms with van der Waals surface area (Å²) in [5, 5.41) is 32.7. The molecule has 0 radical (unpaired) electrons. The van der Waals surface area contributed by atoms with Gasteiger partial charge in [0.25, 0.3) is 5.69 Å². The normalized spacial score (nSPS) is 34.7. The maximum absolute atomic E-state index is 13.9. The highest BCUT2D eigenvalue weighted by Crippen LogP contribution is 2.64. The Balaban J connectivity index is 1.10. The average Bonchev–Trinajstić information content (AvgIpc) is 3.58. The first-order chi connectivity index (χ1) is 19.6. The Labute approximate surface area is 235 Å². The van der Waals surface area contributed by atoms with Crippen molar-refractivity contribution in [1.29, 1.82) is 5.26 Å². The molecule has 13 nitrogen and oxygen atoms in total. The quantitative estimate of drug-likeness (QED) is 0.147. The Hall–Kier alpha value is -3.92. The van der Waals surface area contributed by atoms with Gasteiger partial charge in [0.05, 0.1) is 23.2 Å². The number of non-ortho nitro benzene ring substituents is 1. The Morgan fingerprint density at radius 2 is 1.83 bits per heavy atom. The molecule has 13 heteroatoms. The van der Waals surface area contributed by atoms with Crippen LogP contribution in [0, 0.1) is 44.6 Å². The van der Waals surface area contributed by atoms with Crippen LogP contribution in [0.2, 0.25) is 0 Å². The Kier molecular flexibility index (Phi) is 6.76. The van der Waals surface area contributed by atoms with Crippen LogP contribution in [-0.2, 0) is 14.3 Å². The number of carbonyl (C=O) groups is 3. The lowest BCUT2D eigenvalue weighted by molar-refractivity contribution is -0.384. The predicted molar refractivity (Wildman–Crippen MR) is 139 cm³/mol. The minimum atomic E-state index is -1.26. The molecule has 5 saturated carbocycles. The SMILES string of the molecule is N#C[C@@H]1C[C@@H]2C[C@@H]2N1C(=O)[C@@H](NC(=O)O)[C@]12CC3C[C@H](C[C@](OCCOC(=O)Oc4ccc([N+](=O)[O-])cc4)(C3)C1)C2. The monoisotopic (exact) mass is 568 g/mol. The molecule has 1 heterocycles. The lowest BCUT2D eigenvalue weighted by Crippen LogP contribution is -2.67. The van der Waals surface area contributed by atoms with Crippen molar-refractivity contribution in [1.82, 2.24) is 10.2 Å². The van der Waals surface area contributed by atoms with Crippen LogP contribution in [0.25, 0.3) is 0 Å². The molecule has 1 unspecified atom stereocenters. The van der Waals surface area contributed by atoms with E-state index >= 15 is 0 Å². The standard InChI is InChI=1S/C28H32N4O9/c29-14-20-8-18-9-22(18)31(20)24(33)23(30-25(34)35)27-10-16-7-17(11-27)13-28(12-16,15-27)40-6-5-39-26(36)41-21-3-1-19(2-4-21)32(37)38/h1-4,16-18,20,22-23,30H,5-13,15H2,(H,34,35)/t16-,17?,18+,20-,22-,23+,27+,28-/m0/s1. The molecule has 6 fully saturated rings. The highest BCUT2D eigenvalue weighted by molar-refractivity contribution is 5.88. The van der Waals surface area contributed by atoms with Gasteiger partial charge in [0.2, 0.25) is 5.91 Å². The van der Waals surface area contributed by atoms with Crippen LogP contribution in [0.3, 0.4) is 0 Å². The van der Waals surface area contributed by atoms with E-state index in [0.717, 1.165) is 38.5 Å². The van der Waals surface area contributed by atoms with Crippen LogP contribution in [0.1, 0.15) is 51.4 Å². The number of nitrogens with zero attached hydrogens (tertiary/aromatic N) is 3. The van der Waals surface area contributed by atoms with Gasteiger partial charge in [0, 0.05) is 23.6 Å². The number of amides is 2. The van der Waals surface area contributed by atoms with Crippen molar-refractivity contribution in [2.45, 2.75) is 75.1 Å². The molecule has 8 atom stereocenters. The molecular weight excluding hydrogens is 536 g/mol. The predicted octanol–water partition coefficient (Wildman–Crippen LogP) is 3.61. The zero-order valence-corrected chi connectivity index (χ0v) is 22.4. The van der Waals surface area contributed by atoms with Gasteiger partial charge in [0.15, 0.2) is 0 Å². The molecule has 7 rings (SSSR count). The number of ether oxygens (including phenoxy) is 3. The molecule has 4 bridgehead atoms. The molecule has 218 valence electrons. The summed E-state index contributed by atoms with van der Waals surface area (Å²) in [4.78, 5) is 49.9. The van der Waals surface area contributed by atoms with Crippen LogP contribution < -0.4 is 10.1 Å².